The van der Waals surface area contributed by atoms with E-state index in [0.29, 0.717) is 6.04 Å². The smallest absolute Gasteiger partial charge is 0.0697 e. The first-order chi connectivity index (χ1) is 6.76. The fourth-order valence-corrected chi connectivity index (χ4v) is 4.46. The Morgan fingerprint density at radius 3 is 3.00 bits per heavy atom. The van der Waals surface area contributed by atoms with Crippen molar-refractivity contribution in [3.05, 3.63) is 22.4 Å². The molecule has 2 nitrogen and oxygen atoms in total. The van der Waals surface area contributed by atoms with Gasteiger partial charge in [-0.15, -0.1) is 11.3 Å². The van der Waals surface area contributed by atoms with Crippen molar-refractivity contribution < 1.29 is 0 Å². The van der Waals surface area contributed by atoms with Gasteiger partial charge in [0, 0.05) is 9.62 Å². The van der Waals surface area contributed by atoms with E-state index in [2.05, 4.69) is 29.9 Å². The second-order valence-corrected chi connectivity index (χ2v) is 6.49. The number of rotatable bonds is 3. The Bertz CT molecular complexity index is 278. The van der Waals surface area contributed by atoms with Crippen molar-refractivity contribution in [1.82, 2.24) is 5.43 Å². The second-order valence-electron chi connectivity index (χ2n) is 3.88. The molecule has 3 N–H and O–H groups in total. The Hall–Kier alpha value is -0.0300. The fraction of sp³-hybridized carbons (Fsp3) is 0.600. The Morgan fingerprint density at radius 2 is 2.50 bits per heavy atom. The minimum absolute atomic E-state index is 0.277. The van der Waals surface area contributed by atoms with Crippen molar-refractivity contribution in [2.75, 3.05) is 5.75 Å². The minimum Gasteiger partial charge on any atom is -0.271 e. The molecule has 1 aromatic rings. The van der Waals surface area contributed by atoms with Gasteiger partial charge in [0.25, 0.3) is 0 Å². The summed E-state index contributed by atoms with van der Waals surface area (Å²) in [5.41, 5.74) is 2.98. The SMILES string of the molecule is CC1(C(NN)c2cccs2)CCCS1. The molecule has 2 rings (SSSR count). The van der Waals surface area contributed by atoms with Crippen LogP contribution in [-0.4, -0.2) is 10.5 Å². The Balaban J connectivity index is 2.20. The highest BCUT2D eigenvalue weighted by atomic mass is 32.2. The lowest BCUT2D eigenvalue weighted by atomic mass is 9.95. The monoisotopic (exact) mass is 228 g/mol. The molecule has 1 aliphatic heterocycles. The van der Waals surface area contributed by atoms with Gasteiger partial charge in [0.15, 0.2) is 0 Å². The van der Waals surface area contributed by atoms with Crippen molar-refractivity contribution in [1.29, 1.82) is 0 Å². The molecule has 1 fully saturated rings. The number of hydrogen-bond donors (Lipinski definition) is 2. The molecule has 0 spiro atoms. The van der Waals surface area contributed by atoms with Gasteiger partial charge in [-0.1, -0.05) is 6.07 Å². The zero-order valence-corrected chi connectivity index (χ0v) is 9.96. The van der Waals surface area contributed by atoms with Crippen LogP contribution in [0.1, 0.15) is 30.7 Å². The zero-order chi connectivity index (χ0) is 10.0. The predicted molar refractivity (Wildman–Crippen MR) is 64.5 cm³/mol. The number of nitrogens with one attached hydrogen (secondary N) is 1. The average molecular weight is 228 g/mol. The molecule has 0 radical (unpaired) electrons. The molecule has 1 saturated heterocycles. The Kier molecular flexibility index (Phi) is 3.17. The molecule has 2 unspecified atom stereocenters. The molecular weight excluding hydrogens is 212 g/mol. The molecule has 14 heavy (non-hydrogen) atoms. The maximum Gasteiger partial charge on any atom is 0.0697 e. The summed E-state index contributed by atoms with van der Waals surface area (Å²) in [4.78, 5) is 1.35. The fourth-order valence-electron chi connectivity index (χ4n) is 2.04. The topological polar surface area (TPSA) is 38.0 Å². The van der Waals surface area contributed by atoms with E-state index in [9.17, 15) is 0 Å². The number of thioether (sulfide) groups is 1. The summed E-state index contributed by atoms with van der Waals surface area (Å²) in [5, 5.41) is 2.11. The van der Waals surface area contributed by atoms with Crippen molar-refractivity contribution in [2.24, 2.45) is 5.84 Å². The van der Waals surface area contributed by atoms with Crippen LogP contribution < -0.4 is 11.3 Å². The maximum atomic E-state index is 5.67. The van der Waals surface area contributed by atoms with E-state index in [0.717, 1.165) is 0 Å². The van der Waals surface area contributed by atoms with Gasteiger partial charge < -0.3 is 0 Å². The Labute approximate surface area is 93.2 Å². The predicted octanol–water partition coefficient (Wildman–Crippen LogP) is 2.54. The summed E-state index contributed by atoms with van der Waals surface area (Å²) < 4.78 is 0.277. The highest BCUT2D eigenvalue weighted by molar-refractivity contribution is 8.00. The molecule has 0 amide bonds. The molecular formula is C10H16N2S2. The van der Waals surface area contributed by atoms with Crippen molar-refractivity contribution in [3.8, 4) is 0 Å². The van der Waals surface area contributed by atoms with Crippen LogP contribution in [0.2, 0.25) is 0 Å². The van der Waals surface area contributed by atoms with Crippen molar-refractivity contribution in [2.45, 2.75) is 30.6 Å². The van der Waals surface area contributed by atoms with Crippen LogP contribution in [0.4, 0.5) is 0 Å². The standard InChI is InChI=1S/C10H16N2S2/c1-10(5-3-7-14-10)9(12-11)8-4-2-6-13-8/h2,4,6,9,12H,3,5,7,11H2,1H3. The van der Waals surface area contributed by atoms with E-state index >= 15 is 0 Å². The van der Waals surface area contributed by atoms with E-state index in [1.165, 1.54) is 23.5 Å². The first kappa shape index (κ1) is 10.5. The molecule has 0 saturated carbocycles. The third kappa shape index (κ3) is 1.84. The van der Waals surface area contributed by atoms with Gasteiger partial charge in [-0.2, -0.15) is 11.8 Å². The van der Waals surface area contributed by atoms with E-state index in [4.69, 9.17) is 5.84 Å². The molecule has 1 aromatic heterocycles. The van der Waals surface area contributed by atoms with E-state index in [1.54, 1.807) is 11.3 Å². The average Bonchev–Trinajstić information content (AvgIpc) is 2.78. The van der Waals surface area contributed by atoms with E-state index in [1.807, 2.05) is 11.8 Å². The van der Waals surface area contributed by atoms with Crippen LogP contribution in [0, 0.1) is 0 Å². The van der Waals surface area contributed by atoms with Crippen LogP contribution in [-0.2, 0) is 0 Å². The number of hydrazine groups is 1. The van der Waals surface area contributed by atoms with Crippen LogP contribution in [0.15, 0.2) is 17.5 Å². The number of nitrogens with two attached hydrogens (primary N) is 1. The molecule has 2 atom stereocenters. The second kappa shape index (κ2) is 4.23. The van der Waals surface area contributed by atoms with Crippen molar-refractivity contribution in [3.63, 3.8) is 0 Å². The molecule has 0 aliphatic carbocycles. The third-order valence-electron chi connectivity index (χ3n) is 2.85. The van der Waals surface area contributed by atoms with Crippen LogP contribution in [0.3, 0.4) is 0 Å². The van der Waals surface area contributed by atoms with Crippen LogP contribution >= 0.6 is 23.1 Å². The maximum absolute atomic E-state index is 5.67. The van der Waals surface area contributed by atoms with Crippen molar-refractivity contribution >= 4 is 23.1 Å². The van der Waals surface area contributed by atoms with Crippen LogP contribution in [0.5, 0.6) is 0 Å². The van der Waals surface area contributed by atoms with Gasteiger partial charge in [-0.3, -0.25) is 11.3 Å². The minimum atomic E-state index is 0.277. The number of hydrogen-bond acceptors (Lipinski definition) is 4. The normalized spacial score (nSPS) is 29.3. The van der Waals surface area contributed by atoms with Gasteiger partial charge in [0.1, 0.15) is 0 Å². The summed E-state index contributed by atoms with van der Waals surface area (Å²) in [5.74, 6) is 6.94. The van der Waals surface area contributed by atoms with Gasteiger partial charge in [-0.05, 0) is 37.0 Å². The molecule has 0 bridgehead atoms. The first-order valence-corrected chi connectivity index (χ1v) is 6.76. The quantitative estimate of drug-likeness (QED) is 0.617. The Morgan fingerprint density at radius 1 is 1.64 bits per heavy atom. The summed E-state index contributed by atoms with van der Waals surface area (Å²) in [6, 6.07) is 4.56. The number of thiophene rings is 1. The largest absolute Gasteiger partial charge is 0.271 e. The van der Waals surface area contributed by atoms with Gasteiger partial charge in [0.05, 0.1) is 6.04 Å². The molecule has 78 valence electrons. The molecule has 0 aromatic carbocycles. The summed E-state index contributed by atoms with van der Waals surface area (Å²) in [6.45, 7) is 2.31. The molecule has 4 heteroatoms. The lowest BCUT2D eigenvalue weighted by molar-refractivity contribution is 0.426. The van der Waals surface area contributed by atoms with Gasteiger partial charge in [-0.25, -0.2) is 0 Å². The molecule has 1 aliphatic rings. The van der Waals surface area contributed by atoms with E-state index in [-0.39, 0.29) is 4.75 Å². The van der Waals surface area contributed by atoms with Gasteiger partial charge in [0.2, 0.25) is 0 Å². The lowest BCUT2D eigenvalue weighted by Crippen LogP contribution is -2.40. The zero-order valence-electron chi connectivity index (χ0n) is 8.32. The molecule has 2 heterocycles. The third-order valence-corrected chi connectivity index (χ3v) is 5.38. The first-order valence-electron chi connectivity index (χ1n) is 4.90. The van der Waals surface area contributed by atoms with E-state index < -0.39 is 0 Å². The summed E-state index contributed by atoms with van der Waals surface area (Å²) >= 11 is 3.82. The highest BCUT2D eigenvalue weighted by Gasteiger charge is 2.38. The van der Waals surface area contributed by atoms with Crippen LogP contribution in [0.25, 0.3) is 0 Å². The van der Waals surface area contributed by atoms with Gasteiger partial charge >= 0.3 is 0 Å². The highest BCUT2D eigenvalue weighted by Crippen LogP contribution is 2.47. The summed E-state index contributed by atoms with van der Waals surface area (Å²) in [6.07, 6.45) is 2.56. The summed E-state index contributed by atoms with van der Waals surface area (Å²) in [7, 11) is 0. The lowest BCUT2D eigenvalue weighted by Gasteiger charge is -2.31.